The summed E-state index contributed by atoms with van der Waals surface area (Å²) >= 11 is 0. The Bertz CT molecular complexity index is 610. The van der Waals surface area contributed by atoms with Gasteiger partial charge in [0.15, 0.2) is 11.5 Å². The van der Waals surface area contributed by atoms with Crippen LogP contribution in [0.4, 0.5) is 5.69 Å². The average molecular weight is 269 g/mol. The molecule has 0 spiro atoms. The fraction of sp³-hybridized carbons (Fsp3) is 0.294. The third-order valence-electron chi connectivity index (χ3n) is 3.90. The number of ether oxygens (including phenoxy) is 1. The van der Waals surface area contributed by atoms with Gasteiger partial charge in [-0.3, -0.25) is 0 Å². The summed E-state index contributed by atoms with van der Waals surface area (Å²) in [6.07, 6.45) is 3.25. The lowest BCUT2D eigenvalue weighted by atomic mass is 9.88. The number of benzene rings is 2. The molecule has 1 atom stereocenters. The highest BCUT2D eigenvalue weighted by Crippen LogP contribution is 2.30. The molecule has 1 unspecified atom stereocenters. The smallest absolute Gasteiger partial charge is 0.160 e. The lowest BCUT2D eigenvalue weighted by Gasteiger charge is -2.26. The van der Waals surface area contributed by atoms with E-state index >= 15 is 0 Å². The van der Waals surface area contributed by atoms with Crippen LogP contribution in [0, 0.1) is 0 Å². The minimum Gasteiger partial charge on any atom is -0.504 e. The second-order valence-corrected chi connectivity index (χ2v) is 5.24. The van der Waals surface area contributed by atoms with Crippen LogP contribution < -0.4 is 10.1 Å². The summed E-state index contributed by atoms with van der Waals surface area (Å²) in [5.74, 6) is 0.679. The minimum atomic E-state index is 0.175. The number of phenols is 1. The maximum atomic E-state index is 9.81. The molecule has 2 aromatic rings. The van der Waals surface area contributed by atoms with Crippen molar-refractivity contribution in [2.75, 3.05) is 12.4 Å². The van der Waals surface area contributed by atoms with Crippen LogP contribution in [0.5, 0.6) is 11.5 Å². The van der Waals surface area contributed by atoms with Crippen LogP contribution >= 0.6 is 0 Å². The van der Waals surface area contributed by atoms with Crippen LogP contribution in [0.15, 0.2) is 42.5 Å². The van der Waals surface area contributed by atoms with Gasteiger partial charge in [-0.05, 0) is 42.5 Å². The van der Waals surface area contributed by atoms with Crippen LogP contribution in [0.25, 0.3) is 0 Å². The summed E-state index contributed by atoms with van der Waals surface area (Å²) in [5.41, 5.74) is 3.82. The molecule has 2 aromatic carbocycles. The third-order valence-corrected chi connectivity index (χ3v) is 3.90. The molecule has 3 heteroatoms. The van der Waals surface area contributed by atoms with Crippen molar-refractivity contribution >= 4 is 5.69 Å². The maximum Gasteiger partial charge on any atom is 0.160 e. The number of hydrogen-bond acceptors (Lipinski definition) is 3. The Morgan fingerprint density at radius 3 is 2.70 bits per heavy atom. The molecule has 0 heterocycles. The molecule has 0 saturated heterocycles. The zero-order valence-electron chi connectivity index (χ0n) is 11.6. The first-order valence-corrected chi connectivity index (χ1v) is 6.96. The Balaban J connectivity index is 1.72. The predicted octanol–water partition coefficient (Wildman–Crippen LogP) is 3.37. The molecule has 3 nitrogen and oxygen atoms in total. The van der Waals surface area contributed by atoms with Crippen molar-refractivity contribution in [3.8, 4) is 11.5 Å². The average Bonchev–Trinajstić information content (AvgIpc) is 2.47. The lowest BCUT2D eigenvalue weighted by molar-refractivity contribution is 0.373. The second-order valence-electron chi connectivity index (χ2n) is 5.24. The van der Waals surface area contributed by atoms with E-state index in [4.69, 9.17) is 4.74 Å². The first kappa shape index (κ1) is 12.9. The topological polar surface area (TPSA) is 41.5 Å². The number of methoxy groups -OCH3 is 1. The van der Waals surface area contributed by atoms with Gasteiger partial charge >= 0.3 is 0 Å². The molecule has 0 saturated carbocycles. The molecule has 1 aliphatic carbocycles. The first-order valence-electron chi connectivity index (χ1n) is 6.96. The molecule has 0 radical (unpaired) electrons. The summed E-state index contributed by atoms with van der Waals surface area (Å²) in [5, 5.41) is 13.3. The number of aryl methyl sites for hydroxylation is 1. The number of nitrogens with one attached hydrogen (secondary N) is 1. The van der Waals surface area contributed by atoms with E-state index in [1.165, 1.54) is 11.1 Å². The van der Waals surface area contributed by atoms with Gasteiger partial charge in [0.1, 0.15) is 0 Å². The fourth-order valence-electron chi connectivity index (χ4n) is 2.84. The molecule has 0 bridgehead atoms. The number of phenolic OH excluding ortho intramolecular Hbond substituents is 1. The van der Waals surface area contributed by atoms with Crippen LogP contribution in [-0.2, 0) is 12.8 Å². The number of anilines is 1. The van der Waals surface area contributed by atoms with Crippen LogP contribution in [0.2, 0.25) is 0 Å². The molecule has 104 valence electrons. The van der Waals surface area contributed by atoms with E-state index in [0.717, 1.165) is 24.9 Å². The molecule has 3 rings (SSSR count). The summed E-state index contributed by atoms with van der Waals surface area (Å²) in [7, 11) is 1.56. The molecule has 0 fully saturated rings. The normalized spacial score (nSPS) is 17.4. The van der Waals surface area contributed by atoms with Gasteiger partial charge in [-0.15, -0.1) is 0 Å². The summed E-state index contributed by atoms with van der Waals surface area (Å²) in [6.45, 7) is 0. The summed E-state index contributed by atoms with van der Waals surface area (Å²) < 4.78 is 5.06. The van der Waals surface area contributed by atoms with Gasteiger partial charge in [0.2, 0.25) is 0 Å². The van der Waals surface area contributed by atoms with Gasteiger partial charge < -0.3 is 15.2 Å². The van der Waals surface area contributed by atoms with Gasteiger partial charge in [-0.2, -0.15) is 0 Å². The van der Waals surface area contributed by atoms with Crippen molar-refractivity contribution in [3.05, 3.63) is 53.6 Å². The van der Waals surface area contributed by atoms with E-state index in [1.54, 1.807) is 19.2 Å². The maximum absolute atomic E-state index is 9.81. The SMILES string of the molecule is COc1ccc(NC2CCc3ccccc3C2)cc1O. The van der Waals surface area contributed by atoms with Crippen molar-refractivity contribution in [1.82, 2.24) is 0 Å². The number of hydrogen-bond donors (Lipinski definition) is 2. The van der Waals surface area contributed by atoms with E-state index in [0.29, 0.717) is 11.8 Å². The van der Waals surface area contributed by atoms with Crippen LogP contribution in [0.3, 0.4) is 0 Å². The van der Waals surface area contributed by atoms with Crippen LogP contribution in [-0.4, -0.2) is 18.3 Å². The van der Waals surface area contributed by atoms with Crippen molar-refractivity contribution < 1.29 is 9.84 Å². The van der Waals surface area contributed by atoms with Gasteiger partial charge in [-0.25, -0.2) is 0 Å². The fourth-order valence-corrected chi connectivity index (χ4v) is 2.84. The predicted molar refractivity (Wildman–Crippen MR) is 80.5 cm³/mol. The zero-order chi connectivity index (χ0) is 13.9. The van der Waals surface area contributed by atoms with E-state index in [-0.39, 0.29) is 5.75 Å². The Morgan fingerprint density at radius 2 is 1.95 bits per heavy atom. The Hall–Kier alpha value is -2.16. The largest absolute Gasteiger partial charge is 0.504 e. The van der Waals surface area contributed by atoms with Crippen molar-refractivity contribution in [2.24, 2.45) is 0 Å². The first-order chi connectivity index (χ1) is 9.76. The molecule has 1 aliphatic rings. The number of fused-ring (bicyclic) bond motifs is 1. The minimum absolute atomic E-state index is 0.175. The Morgan fingerprint density at radius 1 is 1.15 bits per heavy atom. The lowest BCUT2D eigenvalue weighted by Crippen LogP contribution is -2.27. The van der Waals surface area contributed by atoms with Crippen LogP contribution in [0.1, 0.15) is 17.5 Å². The molecule has 0 aliphatic heterocycles. The highest BCUT2D eigenvalue weighted by molar-refractivity contribution is 5.55. The van der Waals surface area contributed by atoms with E-state index in [1.807, 2.05) is 6.07 Å². The monoisotopic (exact) mass is 269 g/mol. The molecule has 20 heavy (non-hydrogen) atoms. The number of rotatable bonds is 3. The second kappa shape index (κ2) is 5.45. The van der Waals surface area contributed by atoms with Gasteiger partial charge in [0.05, 0.1) is 7.11 Å². The molecule has 2 N–H and O–H groups in total. The molecular weight excluding hydrogens is 250 g/mol. The Kier molecular flexibility index (Phi) is 3.50. The molecule has 0 amide bonds. The zero-order valence-corrected chi connectivity index (χ0v) is 11.6. The standard InChI is InChI=1S/C17H19NO2/c1-20-17-9-8-15(11-16(17)19)18-14-7-6-12-4-2-3-5-13(12)10-14/h2-5,8-9,11,14,18-19H,6-7,10H2,1H3. The van der Waals surface area contributed by atoms with Gasteiger partial charge in [-0.1, -0.05) is 24.3 Å². The molecular formula is C17H19NO2. The summed E-state index contributed by atoms with van der Waals surface area (Å²) in [6, 6.07) is 14.5. The van der Waals surface area contributed by atoms with Gasteiger partial charge in [0.25, 0.3) is 0 Å². The summed E-state index contributed by atoms with van der Waals surface area (Å²) in [4.78, 5) is 0. The van der Waals surface area contributed by atoms with Gasteiger partial charge in [0, 0.05) is 17.8 Å². The Labute approximate surface area is 119 Å². The van der Waals surface area contributed by atoms with E-state index in [2.05, 4.69) is 29.6 Å². The number of aromatic hydroxyl groups is 1. The quantitative estimate of drug-likeness (QED) is 0.897. The third kappa shape index (κ3) is 2.57. The van der Waals surface area contributed by atoms with Crippen molar-refractivity contribution in [3.63, 3.8) is 0 Å². The molecule has 0 aromatic heterocycles. The highest BCUT2D eigenvalue weighted by Gasteiger charge is 2.18. The van der Waals surface area contributed by atoms with Crippen molar-refractivity contribution in [2.45, 2.75) is 25.3 Å². The highest BCUT2D eigenvalue weighted by atomic mass is 16.5. The van der Waals surface area contributed by atoms with E-state index < -0.39 is 0 Å². The van der Waals surface area contributed by atoms with Crippen molar-refractivity contribution in [1.29, 1.82) is 0 Å². The van der Waals surface area contributed by atoms with E-state index in [9.17, 15) is 5.11 Å².